The van der Waals surface area contributed by atoms with Crippen molar-refractivity contribution in [2.75, 3.05) is 12.4 Å². The third-order valence-corrected chi connectivity index (χ3v) is 5.96. The predicted molar refractivity (Wildman–Crippen MR) is 127 cm³/mol. The summed E-state index contributed by atoms with van der Waals surface area (Å²) in [6, 6.07) is 9.51. The number of hydrogen-bond donors (Lipinski definition) is 2. The summed E-state index contributed by atoms with van der Waals surface area (Å²) in [5.74, 6) is 0.170. The summed E-state index contributed by atoms with van der Waals surface area (Å²) in [6.07, 6.45) is 0. The van der Waals surface area contributed by atoms with Crippen LogP contribution in [0.25, 0.3) is 15.5 Å². The maximum atomic E-state index is 12.6. The number of carbonyl (C=O) groups excluding carboxylic acids is 1. The first-order chi connectivity index (χ1) is 15.8. The Morgan fingerprint density at radius 3 is 2.73 bits per heavy atom. The molecule has 4 rings (SSSR count). The van der Waals surface area contributed by atoms with Crippen LogP contribution in [0.1, 0.15) is 21.7 Å². The van der Waals surface area contributed by atoms with Crippen LogP contribution < -0.4 is 15.4 Å². The number of hydrogen-bond acceptors (Lipinski definition) is 9. The normalized spacial score (nSPS) is 10.8. The Hall–Kier alpha value is -3.97. The minimum atomic E-state index is -0.617. The van der Waals surface area contributed by atoms with Gasteiger partial charge in [-0.2, -0.15) is 9.61 Å². The van der Waals surface area contributed by atoms with Crippen molar-refractivity contribution in [1.29, 1.82) is 0 Å². The summed E-state index contributed by atoms with van der Waals surface area (Å²) in [5.41, 5.74) is 2.20. The second-order valence-corrected chi connectivity index (χ2v) is 8.24. The van der Waals surface area contributed by atoms with Crippen molar-refractivity contribution >= 4 is 50.9 Å². The highest BCUT2D eigenvalue weighted by Gasteiger charge is 2.19. The number of nitro groups is 1. The lowest BCUT2D eigenvalue weighted by Gasteiger charge is -2.13. The third kappa shape index (κ3) is 4.36. The molecule has 2 N–H and O–H groups in total. The number of thiocarbonyl (C=S) groups is 1. The van der Waals surface area contributed by atoms with E-state index in [0.29, 0.717) is 16.5 Å². The molecule has 1 amide bonds. The van der Waals surface area contributed by atoms with Crippen molar-refractivity contribution in [3.05, 3.63) is 63.5 Å². The molecule has 33 heavy (non-hydrogen) atoms. The molecule has 0 aliphatic heterocycles. The van der Waals surface area contributed by atoms with Crippen LogP contribution in [0.3, 0.4) is 0 Å². The summed E-state index contributed by atoms with van der Waals surface area (Å²) >= 11 is 6.69. The molecule has 13 heteroatoms. The topological polar surface area (TPSA) is 137 Å². The fourth-order valence-corrected chi connectivity index (χ4v) is 4.30. The molecular formula is C20H17N7O4S2. The van der Waals surface area contributed by atoms with Gasteiger partial charge in [0.2, 0.25) is 4.96 Å². The first-order valence-corrected chi connectivity index (χ1v) is 10.7. The number of benzene rings is 2. The van der Waals surface area contributed by atoms with Gasteiger partial charge in [-0.15, -0.1) is 10.2 Å². The Balaban J connectivity index is 1.52. The van der Waals surface area contributed by atoms with E-state index >= 15 is 0 Å². The minimum absolute atomic E-state index is 0.0488. The minimum Gasteiger partial charge on any atom is -0.490 e. The molecule has 0 aliphatic rings. The summed E-state index contributed by atoms with van der Waals surface area (Å²) in [5, 5.41) is 30.2. The van der Waals surface area contributed by atoms with Crippen molar-refractivity contribution in [3.63, 3.8) is 0 Å². The molecule has 168 valence electrons. The standard InChI is InChI=1S/C20H17N7O4S2/c1-10-13(18-25-26-11(2)23-24-20(26)33-18)5-4-6-14(10)21-19(32)22-17(28)12-7-8-16(31-3)15(9-12)27(29)30/h4-9H,1-3H3,(H2,21,22,28,32). The maximum Gasteiger partial charge on any atom is 0.311 e. The number of fused-ring (bicyclic) bond motifs is 1. The molecule has 11 nitrogen and oxygen atoms in total. The molecule has 0 spiro atoms. The number of methoxy groups -OCH3 is 1. The fourth-order valence-electron chi connectivity index (χ4n) is 3.13. The van der Waals surface area contributed by atoms with E-state index in [1.807, 2.05) is 32.0 Å². The Kier molecular flexibility index (Phi) is 5.98. The van der Waals surface area contributed by atoms with Gasteiger partial charge in [-0.05, 0) is 49.8 Å². The van der Waals surface area contributed by atoms with Gasteiger partial charge in [0.05, 0.1) is 12.0 Å². The highest BCUT2D eigenvalue weighted by molar-refractivity contribution is 7.80. The highest BCUT2D eigenvalue weighted by Crippen LogP contribution is 2.32. The van der Waals surface area contributed by atoms with Crippen LogP contribution >= 0.6 is 23.6 Å². The third-order valence-electron chi connectivity index (χ3n) is 4.82. The zero-order valence-corrected chi connectivity index (χ0v) is 19.3. The summed E-state index contributed by atoms with van der Waals surface area (Å²) < 4.78 is 6.64. The smallest absolute Gasteiger partial charge is 0.311 e. The lowest BCUT2D eigenvalue weighted by Crippen LogP contribution is -2.34. The van der Waals surface area contributed by atoms with Gasteiger partial charge in [0.1, 0.15) is 5.01 Å². The predicted octanol–water partition coefficient (Wildman–Crippen LogP) is 3.51. The molecule has 0 bridgehead atoms. The molecule has 0 fully saturated rings. The van der Waals surface area contributed by atoms with E-state index < -0.39 is 10.8 Å². The number of aryl methyl sites for hydroxylation is 1. The molecule has 0 atom stereocenters. The number of nitrogens with zero attached hydrogens (tertiary/aromatic N) is 5. The summed E-state index contributed by atoms with van der Waals surface area (Å²) in [4.78, 5) is 23.8. The lowest BCUT2D eigenvalue weighted by atomic mass is 10.1. The Morgan fingerprint density at radius 2 is 2.03 bits per heavy atom. The number of ether oxygens (including phenoxy) is 1. The van der Waals surface area contributed by atoms with E-state index in [1.165, 1.54) is 30.6 Å². The van der Waals surface area contributed by atoms with E-state index in [0.717, 1.165) is 22.2 Å². The summed E-state index contributed by atoms with van der Waals surface area (Å²) in [6.45, 7) is 3.73. The average Bonchev–Trinajstić information content (AvgIpc) is 3.36. The van der Waals surface area contributed by atoms with Crippen LogP contribution in [-0.2, 0) is 0 Å². The Labute approximate surface area is 196 Å². The number of nitro benzene ring substituents is 1. The van der Waals surface area contributed by atoms with Crippen LogP contribution in [0.2, 0.25) is 0 Å². The maximum absolute atomic E-state index is 12.6. The number of anilines is 1. The SMILES string of the molecule is COc1ccc(C(=O)NC(=S)Nc2cccc(-c3nn4c(C)nnc4s3)c2C)cc1[N+](=O)[O-]. The monoisotopic (exact) mass is 483 g/mol. The number of carbonyl (C=O) groups is 1. The first kappa shape index (κ1) is 22.2. The molecule has 0 aliphatic carbocycles. The zero-order chi connectivity index (χ0) is 23.7. The second-order valence-electron chi connectivity index (χ2n) is 6.88. The summed E-state index contributed by atoms with van der Waals surface area (Å²) in [7, 11) is 1.32. The van der Waals surface area contributed by atoms with Gasteiger partial charge in [-0.25, -0.2) is 0 Å². The van der Waals surface area contributed by atoms with Crippen molar-refractivity contribution in [2.45, 2.75) is 13.8 Å². The zero-order valence-electron chi connectivity index (χ0n) is 17.6. The van der Waals surface area contributed by atoms with E-state index in [1.54, 1.807) is 4.52 Å². The quantitative estimate of drug-likeness (QED) is 0.248. The molecule has 0 saturated heterocycles. The van der Waals surface area contributed by atoms with Gasteiger partial charge in [0.25, 0.3) is 5.91 Å². The molecule has 2 aromatic carbocycles. The van der Waals surface area contributed by atoms with Crippen molar-refractivity contribution in [1.82, 2.24) is 25.1 Å². The largest absolute Gasteiger partial charge is 0.490 e. The number of nitrogens with one attached hydrogen (secondary N) is 2. The molecule has 0 saturated carbocycles. The molecular weight excluding hydrogens is 466 g/mol. The first-order valence-electron chi connectivity index (χ1n) is 9.52. The Morgan fingerprint density at radius 1 is 1.24 bits per heavy atom. The fraction of sp³-hybridized carbons (Fsp3) is 0.150. The van der Waals surface area contributed by atoms with Crippen molar-refractivity contribution < 1.29 is 14.5 Å². The van der Waals surface area contributed by atoms with Gasteiger partial charge in [0, 0.05) is 22.9 Å². The number of rotatable bonds is 5. The highest BCUT2D eigenvalue weighted by atomic mass is 32.1. The average molecular weight is 484 g/mol. The lowest BCUT2D eigenvalue weighted by molar-refractivity contribution is -0.385. The van der Waals surface area contributed by atoms with E-state index in [2.05, 4.69) is 25.9 Å². The van der Waals surface area contributed by atoms with Crippen molar-refractivity contribution in [3.8, 4) is 16.3 Å². The van der Waals surface area contributed by atoms with Gasteiger partial charge >= 0.3 is 5.69 Å². The van der Waals surface area contributed by atoms with E-state index in [4.69, 9.17) is 17.0 Å². The van der Waals surface area contributed by atoms with Gasteiger partial charge in [-0.1, -0.05) is 23.5 Å². The van der Waals surface area contributed by atoms with Crippen LogP contribution in [0.5, 0.6) is 5.75 Å². The van der Waals surface area contributed by atoms with Crippen LogP contribution in [-0.4, -0.2) is 42.9 Å². The van der Waals surface area contributed by atoms with Crippen LogP contribution in [0, 0.1) is 24.0 Å². The van der Waals surface area contributed by atoms with E-state index in [9.17, 15) is 14.9 Å². The number of aromatic nitrogens is 4. The molecule has 0 unspecified atom stereocenters. The number of amides is 1. The molecule has 4 aromatic rings. The second kappa shape index (κ2) is 8.88. The Bertz CT molecular complexity index is 1410. The van der Waals surface area contributed by atoms with Gasteiger partial charge < -0.3 is 10.1 Å². The molecule has 2 aromatic heterocycles. The van der Waals surface area contributed by atoms with Crippen LogP contribution in [0.15, 0.2) is 36.4 Å². The van der Waals surface area contributed by atoms with Gasteiger partial charge in [0.15, 0.2) is 16.7 Å². The molecule has 0 radical (unpaired) electrons. The van der Waals surface area contributed by atoms with Crippen LogP contribution in [0.4, 0.5) is 11.4 Å². The van der Waals surface area contributed by atoms with Gasteiger partial charge in [-0.3, -0.25) is 20.2 Å². The molecule has 2 heterocycles. The van der Waals surface area contributed by atoms with E-state index in [-0.39, 0.29) is 22.1 Å². The van der Waals surface area contributed by atoms with Crippen molar-refractivity contribution in [2.24, 2.45) is 0 Å².